The molecule has 1 aromatic rings. The van der Waals surface area contributed by atoms with Crippen molar-refractivity contribution in [1.82, 2.24) is 0 Å². The second-order valence-electron chi connectivity index (χ2n) is 6.58. The van der Waals surface area contributed by atoms with Crippen molar-refractivity contribution in [3.63, 3.8) is 0 Å². The summed E-state index contributed by atoms with van der Waals surface area (Å²) in [5.74, 6) is 0.471. The van der Waals surface area contributed by atoms with E-state index >= 15 is 0 Å². The van der Waals surface area contributed by atoms with E-state index in [0.29, 0.717) is 5.92 Å². The number of aldehydes is 1. The van der Waals surface area contributed by atoms with Gasteiger partial charge in [-0.3, -0.25) is 0 Å². The molecule has 0 aromatic heterocycles. The van der Waals surface area contributed by atoms with E-state index in [2.05, 4.69) is 31.2 Å². The summed E-state index contributed by atoms with van der Waals surface area (Å²) in [6, 6.07) is 10.5. The second kappa shape index (κ2) is 4.45. The summed E-state index contributed by atoms with van der Waals surface area (Å²) in [7, 11) is 0. The molecule has 0 spiro atoms. The number of carbonyl (C=O) groups is 1. The first kappa shape index (κ1) is 12.9. The van der Waals surface area contributed by atoms with Crippen molar-refractivity contribution in [3.8, 4) is 0 Å². The van der Waals surface area contributed by atoms with Crippen LogP contribution in [0.2, 0.25) is 0 Å². The van der Waals surface area contributed by atoms with E-state index in [1.165, 1.54) is 5.56 Å². The van der Waals surface area contributed by atoms with Gasteiger partial charge in [-0.05, 0) is 43.6 Å². The maximum absolute atomic E-state index is 11.2. The molecule has 0 heterocycles. The number of hydrogen-bond acceptors (Lipinski definition) is 2. The van der Waals surface area contributed by atoms with Crippen LogP contribution in [0.5, 0.6) is 0 Å². The van der Waals surface area contributed by atoms with Gasteiger partial charge < -0.3 is 9.90 Å². The highest BCUT2D eigenvalue weighted by Gasteiger charge is 2.58. The monoisotopic (exact) mass is 258 g/mol. The molecule has 0 bridgehead atoms. The number of hydrogen-bond donors (Lipinski definition) is 1. The maximum atomic E-state index is 11.2. The van der Waals surface area contributed by atoms with Gasteiger partial charge in [0, 0.05) is 11.3 Å². The van der Waals surface area contributed by atoms with Gasteiger partial charge in [0.25, 0.3) is 0 Å². The highest BCUT2D eigenvalue weighted by molar-refractivity contribution is 5.57. The predicted octanol–water partition coefficient (Wildman–Crippen LogP) is 3.30. The van der Waals surface area contributed by atoms with Gasteiger partial charge in [-0.15, -0.1) is 0 Å². The third-order valence-corrected chi connectivity index (χ3v) is 5.78. The Morgan fingerprint density at radius 1 is 1.21 bits per heavy atom. The summed E-state index contributed by atoms with van der Waals surface area (Å²) in [5, 5.41) is 11.0. The molecule has 102 valence electrons. The fraction of sp³-hybridized carbons (Fsp3) is 0.588. The molecule has 1 N–H and O–H groups in total. The molecule has 2 fully saturated rings. The van der Waals surface area contributed by atoms with E-state index < -0.39 is 5.60 Å². The van der Waals surface area contributed by atoms with Crippen molar-refractivity contribution < 1.29 is 9.90 Å². The third-order valence-electron chi connectivity index (χ3n) is 5.78. The normalized spacial score (nSPS) is 41.8. The van der Waals surface area contributed by atoms with E-state index in [0.717, 1.165) is 38.4 Å². The van der Waals surface area contributed by atoms with E-state index in [1.807, 2.05) is 6.07 Å². The lowest BCUT2D eigenvalue weighted by Gasteiger charge is -2.48. The van der Waals surface area contributed by atoms with Crippen LogP contribution in [0.1, 0.15) is 50.5 Å². The summed E-state index contributed by atoms with van der Waals surface area (Å²) in [4.78, 5) is 11.2. The van der Waals surface area contributed by atoms with Gasteiger partial charge >= 0.3 is 0 Å². The lowest BCUT2D eigenvalue weighted by molar-refractivity contribution is -0.128. The lowest BCUT2D eigenvalue weighted by Crippen LogP contribution is -2.49. The maximum Gasteiger partial charge on any atom is 0.123 e. The van der Waals surface area contributed by atoms with Crippen molar-refractivity contribution >= 4 is 6.29 Å². The van der Waals surface area contributed by atoms with Crippen LogP contribution in [0.4, 0.5) is 0 Å². The molecule has 0 unspecified atom stereocenters. The number of aliphatic hydroxyl groups is 1. The molecule has 0 aliphatic heterocycles. The Hall–Kier alpha value is -1.15. The van der Waals surface area contributed by atoms with Crippen LogP contribution in [0.25, 0.3) is 0 Å². The number of benzene rings is 1. The van der Waals surface area contributed by atoms with E-state index in [4.69, 9.17) is 0 Å². The van der Waals surface area contributed by atoms with Crippen molar-refractivity contribution in [3.05, 3.63) is 35.9 Å². The van der Waals surface area contributed by atoms with Crippen molar-refractivity contribution in [2.24, 2.45) is 11.3 Å². The SMILES string of the molecule is C[C@]12CC[C@@H](c3ccccc3)C[C@@]1(O)CC[C@@H]2C=O. The van der Waals surface area contributed by atoms with Crippen LogP contribution in [0, 0.1) is 11.3 Å². The average molecular weight is 258 g/mol. The first-order valence-electron chi connectivity index (χ1n) is 7.32. The van der Waals surface area contributed by atoms with Crippen molar-refractivity contribution in [1.29, 1.82) is 0 Å². The van der Waals surface area contributed by atoms with Gasteiger partial charge in [-0.25, -0.2) is 0 Å². The molecular formula is C17H22O2. The van der Waals surface area contributed by atoms with Crippen LogP contribution in [0.15, 0.2) is 30.3 Å². The van der Waals surface area contributed by atoms with Crippen LogP contribution >= 0.6 is 0 Å². The van der Waals surface area contributed by atoms with Crippen LogP contribution in [-0.4, -0.2) is 17.0 Å². The number of carbonyl (C=O) groups excluding carboxylic acids is 1. The Morgan fingerprint density at radius 3 is 2.63 bits per heavy atom. The zero-order valence-corrected chi connectivity index (χ0v) is 11.5. The molecule has 0 amide bonds. The van der Waals surface area contributed by atoms with Gasteiger partial charge in [0.2, 0.25) is 0 Å². The fourth-order valence-electron chi connectivity index (χ4n) is 4.31. The molecule has 2 heteroatoms. The molecule has 0 saturated heterocycles. The predicted molar refractivity (Wildman–Crippen MR) is 74.9 cm³/mol. The Morgan fingerprint density at radius 2 is 1.95 bits per heavy atom. The molecular weight excluding hydrogens is 236 g/mol. The Bertz CT molecular complexity index is 469. The molecule has 2 aliphatic rings. The third kappa shape index (κ3) is 1.85. The minimum Gasteiger partial charge on any atom is -0.389 e. The standard InChI is InChI=1S/C17H22O2/c1-16-9-7-14(13-5-3-2-4-6-13)11-17(16,19)10-8-15(16)12-18/h2-6,12,14-15,19H,7-11H2,1H3/t14-,15-,16-,17+/m1/s1. The van der Waals surface area contributed by atoms with Gasteiger partial charge in [0.15, 0.2) is 0 Å². The first-order chi connectivity index (χ1) is 9.09. The van der Waals surface area contributed by atoms with Gasteiger partial charge in [0.1, 0.15) is 6.29 Å². The van der Waals surface area contributed by atoms with E-state index in [-0.39, 0.29) is 11.3 Å². The zero-order valence-electron chi connectivity index (χ0n) is 11.5. The minimum atomic E-state index is -0.655. The van der Waals surface area contributed by atoms with Gasteiger partial charge in [-0.1, -0.05) is 37.3 Å². The summed E-state index contributed by atoms with van der Waals surface area (Å²) in [6.45, 7) is 2.11. The Balaban J connectivity index is 1.87. The average Bonchev–Trinajstić information content (AvgIpc) is 2.70. The highest BCUT2D eigenvalue weighted by Crippen LogP contribution is 2.60. The zero-order chi connectivity index (χ0) is 13.5. The Labute approximate surface area is 114 Å². The molecule has 19 heavy (non-hydrogen) atoms. The van der Waals surface area contributed by atoms with Gasteiger partial charge in [0.05, 0.1) is 5.60 Å². The smallest absolute Gasteiger partial charge is 0.123 e. The summed E-state index contributed by atoms with van der Waals surface area (Å²) in [5.41, 5.74) is 0.463. The summed E-state index contributed by atoms with van der Waals surface area (Å²) in [6.07, 6.45) is 5.52. The van der Waals surface area contributed by atoms with Crippen LogP contribution in [-0.2, 0) is 4.79 Å². The summed E-state index contributed by atoms with van der Waals surface area (Å²) < 4.78 is 0. The first-order valence-corrected chi connectivity index (χ1v) is 7.32. The molecule has 4 atom stereocenters. The lowest BCUT2D eigenvalue weighted by atomic mass is 9.59. The highest BCUT2D eigenvalue weighted by atomic mass is 16.3. The molecule has 1 aromatic carbocycles. The largest absolute Gasteiger partial charge is 0.389 e. The summed E-state index contributed by atoms with van der Waals surface area (Å²) >= 11 is 0. The topological polar surface area (TPSA) is 37.3 Å². The fourth-order valence-corrected chi connectivity index (χ4v) is 4.31. The molecule has 2 saturated carbocycles. The van der Waals surface area contributed by atoms with Gasteiger partial charge in [-0.2, -0.15) is 0 Å². The molecule has 2 aliphatic carbocycles. The minimum absolute atomic E-state index is 0.0363. The number of rotatable bonds is 2. The second-order valence-corrected chi connectivity index (χ2v) is 6.58. The quantitative estimate of drug-likeness (QED) is 0.826. The van der Waals surface area contributed by atoms with E-state index in [1.54, 1.807) is 0 Å². The molecule has 3 rings (SSSR count). The molecule has 2 nitrogen and oxygen atoms in total. The number of fused-ring (bicyclic) bond motifs is 1. The van der Waals surface area contributed by atoms with Crippen LogP contribution in [0.3, 0.4) is 0 Å². The Kier molecular flexibility index (Phi) is 3.01. The van der Waals surface area contributed by atoms with E-state index in [9.17, 15) is 9.90 Å². The van der Waals surface area contributed by atoms with Crippen molar-refractivity contribution in [2.45, 2.75) is 50.5 Å². The van der Waals surface area contributed by atoms with Crippen LogP contribution < -0.4 is 0 Å². The van der Waals surface area contributed by atoms with Crippen molar-refractivity contribution in [2.75, 3.05) is 0 Å². The molecule has 0 radical (unpaired) electrons.